The number of nitrogens with one attached hydrogen (secondary N) is 2. The van der Waals surface area contributed by atoms with Crippen molar-refractivity contribution >= 4 is 21.7 Å². The lowest BCUT2D eigenvalue weighted by atomic mass is 10.2. The highest BCUT2D eigenvalue weighted by atomic mass is 32.2. The van der Waals surface area contributed by atoms with Gasteiger partial charge in [0.1, 0.15) is 5.56 Å². The van der Waals surface area contributed by atoms with Gasteiger partial charge in [0.2, 0.25) is 10.0 Å². The SMILES string of the molecule is Cc1[nH]cc(NS(=O)(=O)CCc2ccccn2)c1C(=O)O. The van der Waals surface area contributed by atoms with Gasteiger partial charge in [-0.15, -0.1) is 0 Å². The molecule has 0 unspecified atom stereocenters. The Morgan fingerprint density at radius 1 is 1.43 bits per heavy atom. The molecule has 21 heavy (non-hydrogen) atoms. The number of carbonyl (C=O) groups is 1. The number of H-pyrrole nitrogens is 1. The number of aryl methyl sites for hydroxylation is 2. The number of pyridine rings is 1. The van der Waals surface area contributed by atoms with Gasteiger partial charge in [0.05, 0.1) is 11.4 Å². The van der Waals surface area contributed by atoms with Crippen LogP contribution in [0, 0.1) is 6.92 Å². The Bertz CT molecular complexity index is 738. The number of aromatic nitrogens is 2. The maximum atomic E-state index is 12.0. The summed E-state index contributed by atoms with van der Waals surface area (Å²) >= 11 is 0. The highest BCUT2D eigenvalue weighted by molar-refractivity contribution is 7.92. The molecule has 0 aliphatic heterocycles. The van der Waals surface area contributed by atoms with Crippen LogP contribution in [0.5, 0.6) is 0 Å². The molecule has 0 aliphatic rings. The van der Waals surface area contributed by atoms with E-state index in [-0.39, 0.29) is 23.4 Å². The molecule has 0 amide bonds. The first-order valence-corrected chi connectivity index (χ1v) is 7.86. The molecule has 2 heterocycles. The minimum Gasteiger partial charge on any atom is -0.478 e. The molecule has 2 aromatic heterocycles. The highest BCUT2D eigenvalue weighted by Gasteiger charge is 2.19. The standard InChI is InChI=1S/C13H15N3O4S/c1-9-12(13(17)18)11(8-15-9)16-21(19,20)7-5-10-4-2-3-6-14-10/h2-4,6,8,15-16H,5,7H2,1H3,(H,17,18). The van der Waals surface area contributed by atoms with Gasteiger partial charge in [0.15, 0.2) is 0 Å². The number of carboxylic acid groups (broad SMARTS) is 1. The third-order valence-corrected chi connectivity index (χ3v) is 4.18. The number of hydrogen-bond donors (Lipinski definition) is 3. The van der Waals surface area contributed by atoms with E-state index in [0.717, 1.165) is 0 Å². The number of nitrogens with zero attached hydrogens (tertiary/aromatic N) is 1. The van der Waals surface area contributed by atoms with Crippen molar-refractivity contribution < 1.29 is 18.3 Å². The van der Waals surface area contributed by atoms with Crippen molar-refractivity contribution in [1.29, 1.82) is 0 Å². The maximum absolute atomic E-state index is 12.0. The monoisotopic (exact) mass is 309 g/mol. The third-order valence-electron chi connectivity index (χ3n) is 2.91. The zero-order chi connectivity index (χ0) is 15.5. The first-order valence-electron chi connectivity index (χ1n) is 6.21. The Kier molecular flexibility index (Phi) is 4.27. The lowest BCUT2D eigenvalue weighted by Crippen LogP contribution is -2.19. The van der Waals surface area contributed by atoms with Gasteiger partial charge < -0.3 is 10.1 Å². The predicted octanol–water partition coefficient (Wildman–Crippen LogP) is 1.40. The van der Waals surface area contributed by atoms with Gasteiger partial charge in [0.25, 0.3) is 0 Å². The summed E-state index contributed by atoms with van der Waals surface area (Å²) in [6.07, 6.45) is 3.17. The Balaban J connectivity index is 2.10. The number of carboxylic acids is 1. The number of aromatic amines is 1. The smallest absolute Gasteiger partial charge is 0.339 e. The molecule has 0 saturated heterocycles. The Labute approximate surface area is 122 Å². The summed E-state index contributed by atoms with van der Waals surface area (Å²) in [7, 11) is -3.65. The molecule has 8 heteroatoms. The lowest BCUT2D eigenvalue weighted by molar-refractivity contribution is 0.0697. The van der Waals surface area contributed by atoms with Crippen molar-refractivity contribution in [3.05, 3.63) is 47.5 Å². The van der Waals surface area contributed by atoms with Gasteiger partial charge in [-0.25, -0.2) is 13.2 Å². The van der Waals surface area contributed by atoms with Crippen LogP contribution in [0.15, 0.2) is 30.6 Å². The van der Waals surface area contributed by atoms with Crippen molar-refractivity contribution in [2.75, 3.05) is 10.5 Å². The summed E-state index contributed by atoms with van der Waals surface area (Å²) in [6.45, 7) is 1.56. The Morgan fingerprint density at radius 2 is 2.19 bits per heavy atom. The van der Waals surface area contributed by atoms with E-state index < -0.39 is 16.0 Å². The fourth-order valence-corrected chi connectivity index (χ4v) is 2.96. The molecule has 3 N–H and O–H groups in total. The number of hydrogen-bond acceptors (Lipinski definition) is 4. The van der Waals surface area contributed by atoms with E-state index in [1.165, 1.54) is 6.20 Å². The fraction of sp³-hybridized carbons (Fsp3) is 0.231. The van der Waals surface area contributed by atoms with Crippen LogP contribution in [-0.4, -0.2) is 35.2 Å². The van der Waals surface area contributed by atoms with Gasteiger partial charge in [-0.3, -0.25) is 9.71 Å². The van der Waals surface area contributed by atoms with E-state index in [2.05, 4.69) is 14.7 Å². The van der Waals surface area contributed by atoms with Crippen LogP contribution >= 0.6 is 0 Å². The molecular formula is C13H15N3O4S. The molecule has 2 aromatic rings. The number of rotatable bonds is 6. The highest BCUT2D eigenvalue weighted by Crippen LogP contribution is 2.20. The number of anilines is 1. The van der Waals surface area contributed by atoms with E-state index in [4.69, 9.17) is 5.11 Å². The molecular weight excluding hydrogens is 294 g/mol. The lowest BCUT2D eigenvalue weighted by Gasteiger charge is -2.07. The molecule has 0 radical (unpaired) electrons. The summed E-state index contributed by atoms with van der Waals surface area (Å²) in [6, 6.07) is 5.26. The second-order valence-electron chi connectivity index (χ2n) is 4.50. The van der Waals surface area contributed by atoms with Gasteiger partial charge in [-0.05, 0) is 19.1 Å². The molecule has 0 bridgehead atoms. The second kappa shape index (κ2) is 5.96. The number of sulfonamides is 1. The average molecular weight is 309 g/mol. The van der Waals surface area contributed by atoms with Crippen LogP contribution in [0.25, 0.3) is 0 Å². The number of aromatic carboxylic acids is 1. The second-order valence-corrected chi connectivity index (χ2v) is 6.34. The molecule has 0 spiro atoms. The van der Waals surface area contributed by atoms with Gasteiger partial charge in [-0.1, -0.05) is 6.07 Å². The largest absolute Gasteiger partial charge is 0.478 e. The molecule has 112 valence electrons. The summed E-state index contributed by atoms with van der Waals surface area (Å²) in [5.41, 5.74) is 1.02. The summed E-state index contributed by atoms with van der Waals surface area (Å²) in [5, 5.41) is 9.08. The topological polar surface area (TPSA) is 112 Å². The molecule has 7 nitrogen and oxygen atoms in total. The zero-order valence-corrected chi connectivity index (χ0v) is 12.1. The Hall–Kier alpha value is -2.35. The molecule has 2 rings (SSSR count). The van der Waals surface area contributed by atoms with Crippen LogP contribution in [0.4, 0.5) is 5.69 Å². The quantitative estimate of drug-likeness (QED) is 0.746. The van der Waals surface area contributed by atoms with Crippen molar-refractivity contribution in [2.45, 2.75) is 13.3 Å². The molecule has 0 aromatic carbocycles. The molecule has 0 saturated carbocycles. The first-order chi connectivity index (χ1) is 9.89. The molecule has 0 fully saturated rings. The Morgan fingerprint density at radius 3 is 2.81 bits per heavy atom. The van der Waals surface area contributed by atoms with Crippen molar-refractivity contribution in [3.63, 3.8) is 0 Å². The van der Waals surface area contributed by atoms with E-state index in [1.54, 1.807) is 31.3 Å². The maximum Gasteiger partial charge on any atom is 0.339 e. The van der Waals surface area contributed by atoms with Gasteiger partial charge in [-0.2, -0.15) is 0 Å². The van der Waals surface area contributed by atoms with Crippen LogP contribution < -0.4 is 4.72 Å². The van der Waals surface area contributed by atoms with Gasteiger partial charge >= 0.3 is 5.97 Å². The molecule has 0 atom stereocenters. The van der Waals surface area contributed by atoms with E-state index in [1.807, 2.05) is 0 Å². The van der Waals surface area contributed by atoms with Crippen molar-refractivity contribution in [3.8, 4) is 0 Å². The summed E-state index contributed by atoms with van der Waals surface area (Å²) in [4.78, 5) is 17.8. The zero-order valence-electron chi connectivity index (χ0n) is 11.3. The predicted molar refractivity (Wildman–Crippen MR) is 77.8 cm³/mol. The van der Waals surface area contributed by atoms with Crippen LogP contribution in [0.1, 0.15) is 21.7 Å². The summed E-state index contributed by atoms with van der Waals surface area (Å²) in [5.74, 6) is -1.36. The van der Waals surface area contributed by atoms with Crippen molar-refractivity contribution in [1.82, 2.24) is 9.97 Å². The van der Waals surface area contributed by atoms with Crippen LogP contribution in [0.2, 0.25) is 0 Å². The third kappa shape index (κ3) is 3.82. The molecule has 0 aliphatic carbocycles. The van der Waals surface area contributed by atoms with Gasteiger partial charge in [0, 0.05) is 30.2 Å². The van der Waals surface area contributed by atoms with E-state index >= 15 is 0 Å². The minimum atomic E-state index is -3.65. The van der Waals surface area contributed by atoms with E-state index in [9.17, 15) is 13.2 Å². The van der Waals surface area contributed by atoms with Crippen molar-refractivity contribution in [2.24, 2.45) is 0 Å². The first kappa shape index (κ1) is 15.0. The minimum absolute atomic E-state index is 0.0426. The van der Waals surface area contributed by atoms with Crippen LogP contribution in [-0.2, 0) is 16.4 Å². The normalized spacial score (nSPS) is 11.3. The van der Waals surface area contributed by atoms with E-state index in [0.29, 0.717) is 11.4 Å². The van der Waals surface area contributed by atoms with Crippen LogP contribution in [0.3, 0.4) is 0 Å². The summed E-state index contributed by atoms with van der Waals surface area (Å²) < 4.78 is 26.3. The fourth-order valence-electron chi connectivity index (χ4n) is 1.89. The average Bonchev–Trinajstić information content (AvgIpc) is 2.78.